The summed E-state index contributed by atoms with van der Waals surface area (Å²) in [6.07, 6.45) is -0.857. The molecule has 10 heteroatoms. The van der Waals surface area contributed by atoms with Crippen LogP contribution in [-0.4, -0.2) is 66.7 Å². The van der Waals surface area contributed by atoms with E-state index in [9.17, 15) is 19.5 Å². The van der Waals surface area contributed by atoms with Crippen LogP contribution in [-0.2, 0) is 31.9 Å². The van der Waals surface area contributed by atoms with Crippen molar-refractivity contribution in [2.75, 3.05) is 20.8 Å². The van der Waals surface area contributed by atoms with Crippen LogP contribution in [0.25, 0.3) is 0 Å². The first-order valence-electron chi connectivity index (χ1n) is 11.9. The van der Waals surface area contributed by atoms with Crippen molar-refractivity contribution in [3.05, 3.63) is 59.7 Å². The van der Waals surface area contributed by atoms with Crippen molar-refractivity contribution in [2.45, 2.75) is 58.2 Å². The molecule has 2 aromatic rings. The van der Waals surface area contributed by atoms with E-state index in [1.54, 1.807) is 70.2 Å². The van der Waals surface area contributed by atoms with Gasteiger partial charge in [0, 0.05) is 12.8 Å². The lowest BCUT2D eigenvalue weighted by Gasteiger charge is -2.34. The van der Waals surface area contributed by atoms with Gasteiger partial charge in [-0.2, -0.15) is 0 Å². The van der Waals surface area contributed by atoms with Crippen molar-refractivity contribution in [2.24, 2.45) is 0 Å². The predicted octanol–water partition coefficient (Wildman–Crippen LogP) is 3.62. The number of nitrogens with zero attached hydrogens (tertiary/aromatic N) is 1. The van der Waals surface area contributed by atoms with Gasteiger partial charge in [-0.3, -0.25) is 4.79 Å². The van der Waals surface area contributed by atoms with Crippen LogP contribution in [0.2, 0.25) is 0 Å². The fourth-order valence-corrected chi connectivity index (χ4v) is 3.54. The van der Waals surface area contributed by atoms with Gasteiger partial charge in [0.25, 0.3) is 0 Å². The second kappa shape index (κ2) is 13.5. The molecule has 1 amide bonds. The van der Waals surface area contributed by atoms with Gasteiger partial charge in [-0.1, -0.05) is 36.4 Å². The third-order valence-electron chi connectivity index (χ3n) is 5.21. The number of carbonyl (C=O) groups excluding carboxylic acids is 2. The third kappa shape index (κ3) is 8.98. The summed E-state index contributed by atoms with van der Waals surface area (Å²) in [6, 6.07) is 11.6. The Bertz CT molecular complexity index is 1050. The fraction of sp³-hybridized carbons (Fsp3) is 0.444. The molecule has 10 nitrogen and oxygen atoms in total. The summed E-state index contributed by atoms with van der Waals surface area (Å²) in [4.78, 5) is 38.6. The molecule has 0 saturated heterocycles. The summed E-state index contributed by atoms with van der Waals surface area (Å²) >= 11 is 0. The van der Waals surface area contributed by atoms with Crippen LogP contribution in [0.4, 0.5) is 4.79 Å². The van der Waals surface area contributed by atoms with Crippen LogP contribution < -0.4 is 14.9 Å². The van der Waals surface area contributed by atoms with Crippen LogP contribution in [0.5, 0.6) is 11.5 Å². The van der Waals surface area contributed by atoms with Gasteiger partial charge >= 0.3 is 18.0 Å². The number of carboxylic acids is 1. The zero-order valence-electron chi connectivity index (χ0n) is 22.1. The average molecular weight is 517 g/mol. The minimum Gasteiger partial charge on any atom is -0.493 e. The number of carboxylic acid groups (broad SMARTS) is 1. The normalized spacial score (nSPS) is 12.7. The SMILES string of the molecule is CCOC(=O)[C@H](Cc1ccccc1)N(N[C@@H](Cc1ccc(OC)c(OC)c1)C(=O)O)C(=O)OC(C)(C)C. The van der Waals surface area contributed by atoms with E-state index in [4.69, 9.17) is 18.9 Å². The number of carbonyl (C=O) groups is 3. The number of esters is 1. The monoisotopic (exact) mass is 516 g/mol. The highest BCUT2D eigenvalue weighted by molar-refractivity contribution is 5.82. The second-order valence-electron chi connectivity index (χ2n) is 9.22. The average Bonchev–Trinajstić information content (AvgIpc) is 2.84. The van der Waals surface area contributed by atoms with E-state index in [0.717, 1.165) is 10.6 Å². The van der Waals surface area contributed by atoms with E-state index in [-0.39, 0.29) is 19.4 Å². The molecule has 202 valence electrons. The van der Waals surface area contributed by atoms with Crippen molar-refractivity contribution in [1.82, 2.24) is 10.4 Å². The van der Waals surface area contributed by atoms with E-state index < -0.39 is 35.7 Å². The number of hydrogen-bond acceptors (Lipinski definition) is 8. The molecule has 0 aliphatic rings. The van der Waals surface area contributed by atoms with E-state index in [2.05, 4.69) is 5.43 Å². The Morgan fingerprint density at radius 2 is 1.59 bits per heavy atom. The maximum absolute atomic E-state index is 13.3. The van der Waals surface area contributed by atoms with Crippen molar-refractivity contribution in [3.63, 3.8) is 0 Å². The first-order chi connectivity index (χ1) is 17.5. The van der Waals surface area contributed by atoms with E-state index in [1.807, 2.05) is 6.07 Å². The molecule has 0 spiro atoms. The number of methoxy groups -OCH3 is 2. The molecule has 37 heavy (non-hydrogen) atoms. The molecule has 2 rings (SSSR count). The summed E-state index contributed by atoms with van der Waals surface area (Å²) in [7, 11) is 2.98. The van der Waals surface area contributed by atoms with Gasteiger partial charge in [0.1, 0.15) is 11.6 Å². The van der Waals surface area contributed by atoms with Crippen molar-refractivity contribution in [1.29, 1.82) is 0 Å². The number of hydrazine groups is 1. The van der Waals surface area contributed by atoms with Gasteiger partial charge in [-0.25, -0.2) is 20.0 Å². The third-order valence-corrected chi connectivity index (χ3v) is 5.21. The maximum atomic E-state index is 13.3. The predicted molar refractivity (Wildman–Crippen MR) is 136 cm³/mol. The molecule has 0 bridgehead atoms. The first-order valence-corrected chi connectivity index (χ1v) is 11.9. The lowest BCUT2D eigenvalue weighted by atomic mass is 10.0. The Labute approximate surface area is 217 Å². The number of nitrogens with one attached hydrogen (secondary N) is 1. The molecular weight excluding hydrogens is 480 g/mol. The number of rotatable bonds is 12. The van der Waals surface area contributed by atoms with Crippen LogP contribution in [0.3, 0.4) is 0 Å². The van der Waals surface area contributed by atoms with Gasteiger partial charge in [0.05, 0.1) is 20.8 Å². The lowest BCUT2D eigenvalue weighted by molar-refractivity contribution is -0.153. The summed E-state index contributed by atoms with van der Waals surface area (Å²) < 4.78 is 21.3. The molecule has 2 N–H and O–H groups in total. The zero-order chi connectivity index (χ0) is 27.6. The second-order valence-corrected chi connectivity index (χ2v) is 9.22. The van der Waals surface area contributed by atoms with Gasteiger partial charge in [-0.05, 0) is 51.0 Å². The number of benzene rings is 2. The topological polar surface area (TPSA) is 124 Å². The Hall–Kier alpha value is -3.79. The Morgan fingerprint density at radius 3 is 2.14 bits per heavy atom. The van der Waals surface area contributed by atoms with Gasteiger partial charge in [-0.15, -0.1) is 0 Å². The van der Waals surface area contributed by atoms with Crippen LogP contribution >= 0.6 is 0 Å². The maximum Gasteiger partial charge on any atom is 0.425 e. The lowest BCUT2D eigenvalue weighted by Crippen LogP contribution is -2.60. The smallest absolute Gasteiger partial charge is 0.425 e. The largest absolute Gasteiger partial charge is 0.493 e. The molecule has 0 heterocycles. The molecule has 0 radical (unpaired) electrons. The highest BCUT2D eigenvalue weighted by Crippen LogP contribution is 2.28. The Morgan fingerprint density at radius 1 is 0.946 bits per heavy atom. The van der Waals surface area contributed by atoms with Gasteiger partial charge < -0.3 is 24.1 Å². The summed E-state index contributed by atoms with van der Waals surface area (Å²) in [5, 5.41) is 11.0. The standard InChI is InChI=1S/C27H36N2O8/c1-7-36-25(32)21(16-18-11-9-8-10-12-18)29(26(33)37-27(2,3)4)28-20(24(30)31)15-19-13-14-22(34-5)23(17-19)35-6/h8-14,17,20-21,28H,7,15-16H2,1-6H3,(H,30,31)/t20-,21-/m0/s1. The minimum absolute atomic E-state index is 0.0319. The van der Waals surface area contributed by atoms with Crippen molar-refractivity contribution in [3.8, 4) is 11.5 Å². The molecule has 0 unspecified atom stereocenters. The number of aliphatic carboxylic acids is 1. The highest BCUT2D eigenvalue weighted by Gasteiger charge is 2.37. The van der Waals surface area contributed by atoms with Crippen LogP contribution in [0.15, 0.2) is 48.5 Å². The Kier molecular flexibility index (Phi) is 10.7. The molecule has 2 aromatic carbocycles. The number of amides is 1. The molecule has 0 aromatic heterocycles. The fourth-order valence-electron chi connectivity index (χ4n) is 3.54. The molecule has 0 saturated carbocycles. The van der Waals surface area contributed by atoms with Crippen molar-refractivity contribution >= 4 is 18.0 Å². The summed E-state index contributed by atoms with van der Waals surface area (Å²) in [5.74, 6) is -1.00. The molecule has 2 atom stereocenters. The van der Waals surface area contributed by atoms with Crippen LogP contribution in [0.1, 0.15) is 38.8 Å². The van der Waals surface area contributed by atoms with E-state index >= 15 is 0 Å². The number of ether oxygens (including phenoxy) is 4. The van der Waals surface area contributed by atoms with Crippen molar-refractivity contribution < 1.29 is 38.4 Å². The van der Waals surface area contributed by atoms with Gasteiger partial charge in [0.15, 0.2) is 17.5 Å². The summed E-state index contributed by atoms with van der Waals surface area (Å²) in [5.41, 5.74) is 3.20. The van der Waals surface area contributed by atoms with Crippen LogP contribution in [0, 0.1) is 0 Å². The van der Waals surface area contributed by atoms with E-state index in [0.29, 0.717) is 17.1 Å². The minimum atomic E-state index is -1.29. The molecular formula is C27H36N2O8. The number of hydrogen-bond donors (Lipinski definition) is 2. The highest BCUT2D eigenvalue weighted by atomic mass is 16.6. The molecule has 0 aliphatic heterocycles. The Balaban J connectivity index is 2.46. The zero-order valence-corrected chi connectivity index (χ0v) is 22.1. The summed E-state index contributed by atoms with van der Waals surface area (Å²) in [6.45, 7) is 6.77. The molecule has 0 fully saturated rings. The van der Waals surface area contributed by atoms with E-state index in [1.165, 1.54) is 14.2 Å². The molecule has 0 aliphatic carbocycles. The first kappa shape index (κ1) is 29.4. The quantitative estimate of drug-likeness (QED) is 0.322. The van der Waals surface area contributed by atoms with Gasteiger partial charge in [0.2, 0.25) is 0 Å².